The fourth-order valence-corrected chi connectivity index (χ4v) is 4.67. The predicted molar refractivity (Wildman–Crippen MR) is 159 cm³/mol. The van der Waals surface area contributed by atoms with E-state index in [0.29, 0.717) is 42.1 Å². The highest BCUT2D eigenvalue weighted by Crippen LogP contribution is 2.29. The lowest BCUT2D eigenvalue weighted by molar-refractivity contribution is -0.161. The molecule has 2 aromatic heterocycles. The van der Waals surface area contributed by atoms with Crippen molar-refractivity contribution in [2.45, 2.75) is 32.4 Å². The van der Waals surface area contributed by atoms with Gasteiger partial charge in [0, 0.05) is 31.5 Å². The van der Waals surface area contributed by atoms with Crippen LogP contribution in [0.4, 0.5) is 5.82 Å². The zero-order valence-corrected chi connectivity index (χ0v) is 24.4. The molecule has 5 rings (SSSR count). The van der Waals surface area contributed by atoms with E-state index in [9.17, 15) is 9.59 Å². The zero-order valence-electron chi connectivity index (χ0n) is 24.4. The molecule has 1 amide bonds. The molecule has 0 radical (unpaired) electrons. The third-order valence-electron chi connectivity index (χ3n) is 6.90. The fraction of sp³-hybridized carbons (Fsp3) is 0.290. The molecule has 0 spiro atoms. The minimum absolute atomic E-state index is 0.0637. The number of methoxy groups -OCH3 is 2. The van der Waals surface area contributed by atoms with Gasteiger partial charge in [-0.15, -0.1) is 0 Å². The van der Waals surface area contributed by atoms with Crippen LogP contribution in [0, 0.1) is 0 Å². The maximum atomic E-state index is 14.2. The predicted octanol–water partition coefficient (Wildman–Crippen LogP) is 3.32. The van der Waals surface area contributed by atoms with Crippen molar-refractivity contribution >= 4 is 17.7 Å². The van der Waals surface area contributed by atoms with E-state index in [1.54, 1.807) is 66.7 Å². The van der Waals surface area contributed by atoms with Crippen LogP contribution < -0.4 is 24.5 Å². The second-order valence-electron chi connectivity index (χ2n) is 10.1. The van der Waals surface area contributed by atoms with Crippen molar-refractivity contribution < 1.29 is 23.9 Å². The monoisotopic (exact) mass is 583 g/mol. The summed E-state index contributed by atoms with van der Waals surface area (Å²) in [6.07, 6.45) is 4.99. The van der Waals surface area contributed by atoms with E-state index in [2.05, 4.69) is 15.3 Å². The highest BCUT2D eigenvalue weighted by molar-refractivity contribution is 5.89. The molecule has 2 aromatic carbocycles. The minimum atomic E-state index is -1.05. The molecule has 1 unspecified atom stereocenters. The molecule has 43 heavy (non-hydrogen) atoms. The third kappa shape index (κ3) is 6.50. The van der Waals surface area contributed by atoms with Crippen LogP contribution in [0.3, 0.4) is 0 Å². The lowest BCUT2D eigenvalue weighted by Gasteiger charge is -2.36. The number of aromatic nitrogens is 4. The summed E-state index contributed by atoms with van der Waals surface area (Å²) in [5, 5.41) is 4.40. The van der Waals surface area contributed by atoms with Gasteiger partial charge in [-0.1, -0.05) is 38.1 Å². The Balaban J connectivity index is 1.48. The number of piperazine rings is 1. The Morgan fingerprint density at radius 3 is 2.56 bits per heavy atom. The van der Waals surface area contributed by atoms with Crippen LogP contribution in [0.2, 0.25) is 0 Å². The maximum Gasteiger partial charge on any atom is 0.279 e. The van der Waals surface area contributed by atoms with Gasteiger partial charge in [-0.2, -0.15) is 10.0 Å². The van der Waals surface area contributed by atoms with Crippen molar-refractivity contribution in [3.05, 3.63) is 90.3 Å². The van der Waals surface area contributed by atoms with Crippen LogP contribution in [0.25, 0.3) is 5.95 Å². The molecule has 0 saturated carbocycles. The fourth-order valence-electron chi connectivity index (χ4n) is 4.67. The van der Waals surface area contributed by atoms with Crippen LogP contribution in [0.5, 0.6) is 17.2 Å². The largest absolute Gasteiger partial charge is 0.493 e. The van der Waals surface area contributed by atoms with Gasteiger partial charge in [-0.3, -0.25) is 14.7 Å². The van der Waals surface area contributed by atoms with Gasteiger partial charge in [0.1, 0.15) is 29.8 Å². The van der Waals surface area contributed by atoms with E-state index in [0.717, 1.165) is 11.3 Å². The Bertz CT molecular complexity index is 1600. The van der Waals surface area contributed by atoms with Gasteiger partial charge in [0.05, 0.1) is 26.5 Å². The first-order valence-electron chi connectivity index (χ1n) is 13.8. The molecule has 12 heteroatoms. The molecular weight excluding hydrogens is 550 g/mol. The summed E-state index contributed by atoms with van der Waals surface area (Å²) in [6, 6.07) is 15.1. The molecular formula is C31H33N7O5. The van der Waals surface area contributed by atoms with Gasteiger partial charge in [0.15, 0.2) is 17.2 Å². The highest BCUT2D eigenvalue weighted by atomic mass is 16.7. The van der Waals surface area contributed by atoms with Gasteiger partial charge < -0.3 is 19.2 Å². The Morgan fingerprint density at radius 1 is 1.09 bits per heavy atom. The second-order valence-corrected chi connectivity index (χ2v) is 10.1. The summed E-state index contributed by atoms with van der Waals surface area (Å²) >= 11 is 0. The number of hydroxylamine groups is 2. The number of imidazole rings is 1. The van der Waals surface area contributed by atoms with Gasteiger partial charge >= 0.3 is 0 Å². The van der Waals surface area contributed by atoms with Crippen LogP contribution in [0.1, 0.15) is 31.0 Å². The molecule has 0 aliphatic carbocycles. The number of anilines is 1. The average Bonchev–Trinajstić information content (AvgIpc) is 3.59. The molecule has 1 fully saturated rings. The number of amides is 1. The van der Waals surface area contributed by atoms with Crippen molar-refractivity contribution in [1.29, 1.82) is 0 Å². The van der Waals surface area contributed by atoms with Crippen molar-refractivity contribution in [1.82, 2.24) is 29.9 Å². The van der Waals surface area contributed by atoms with E-state index in [4.69, 9.17) is 19.3 Å². The molecule has 4 aromatic rings. The normalized spacial score (nSPS) is 14.8. The first-order chi connectivity index (χ1) is 20.9. The Labute approximate surface area is 249 Å². The van der Waals surface area contributed by atoms with Gasteiger partial charge in [0.2, 0.25) is 5.95 Å². The molecule has 1 atom stereocenters. The topological polar surface area (TPSA) is 124 Å². The number of benzene rings is 2. The van der Waals surface area contributed by atoms with E-state index in [1.807, 2.05) is 50.1 Å². The number of hydrogen-bond donors (Lipinski definition) is 1. The van der Waals surface area contributed by atoms with Crippen LogP contribution in [-0.2, 0) is 16.1 Å². The molecule has 1 aliphatic heterocycles. The Hall–Kier alpha value is -5.19. The highest BCUT2D eigenvalue weighted by Gasteiger charge is 2.37. The molecule has 12 nitrogen and oxygen atoms in total. The van der Waals surface area contributed by atoms with Gasteiger partial charge in [-0.25, -0.2) is 14.8 Å². The van der Waals surface area contributed by atoms with Gasteiger partial charge in [-0.05, 0) is 35.7 Å². The number of nitrogens with one attached hydrogen (secondary N) is 1. The smallest absolute Gasteiger partial charge is 0.279 e. The Morgan fingerprint density at radius 2 is 1.88 bits per heavy atom. The minimum Gasteiger partial charge on any atom is -0.493 e. The Kier molecular flexibility index (Phi) is 8.99. The number of hydrogen-bond acceptors (Lipinski definition) is 10. The van der Waals surface area contributed by atoms with Crippen LogP contribution in [-0.4, -0.2) is 69.8 Å². The zero-order chi connectivity index (χ0) is 30.3. The molecule has 1 saturated heterocycles. The van der Waals surface area contributed by atoms with Crippen molar-refractivity contribution in [2.75, 3.05) is 32.2 Å². The molecule has 222 valence electrons. The average molecular weight is 584 g/mol. The van der Waals surface area contributed by atoms with Crippen molar-refractivity contribution in [2.24, 2.45) is 0 Å². The third-order valence-corrected chi connectivity index (χ3v) is 6.90. The summed E-state index contributed by atoms with van der Waals surface area (Å²) in [4.78, 5) is 48.0. The van der Waals surface area contributed by atoms with E-state index < -0.39 is 11.9 Å². The number of rotatable bonds is 10. The standard InChI is InChI=1S/C31H33N7O5/c1-21(2)24-17-28(35-31(34-24)36-14-12-32-20-36)37-15-13-33-29(25(37)19-39)30(40)38(43-23-8-6-5-7-9-23)18-22-10-11-26(41-3)27(16-22)42-4/h5-12,14,16-17,20-21,29,33H,13,15,18H2,1-4H3. The van der Waals surface area contributed by atoms with E-state index in [1.165, 1.54) is 5.06 Å². The first-order valence-corrected chi connectivity index (χ1v) is 13.8. The first kappa shape index (κ1) is 29.3. The summed E-state index contributed by atoms with van der Waals surface area (Å²) in [7, 11) is 3.10. The van der Waals surface area contributed by atoms with E-state index in [-0.39, 0.29) is 18.2 Å². The molecule has 3 heterocycles. The van der Waals surface area contributed by atoms with Crippen molar-refractivity contribution in [3.8, 4) is 23.2 Å². The summed E-state index contributed by atoms with van der Waals surface area (Å²) in [6.45, 7) is 4.91. The summed E-state index contributed by atoms with van der Waals surface area (Å²) in [5.74, 6) is 4.05. The molecule has 1 N–H and O–H groups in total. The van der Waals surface area contributed by atoms with Crippen LogP contribution >= 0.6 is 0 Å². The number of para-hydroxylation sites is 1. The molecule has 1 aliphatic rings. The molecule has 0 bridgehead atoms. The number of nitrogens with zero attached hydrogens (tertiary/aromatic N) is 6. The summed E-state index contributed by atoms with van der Waals surface area (Å²) in [5.41, 5.74) is 1.60. The van der Waals surface area contributed by atoms with E-state index >= 15 is 0 Å². The lowest BCUT2D eigenvalue weighted by Crippen LogP contribution is -2.57. The summed E-state index contributed by atoms with van der Waals surface area (Å²) < 4.78 is 12.5. The maximum absolute atomic E-state index is 14.2. The second kappa shape index (κ2) is 13.2. The lowest BCUT2D eigenvalue weighted by atomic mass is 10.1. The number of ether oxygens (including phenoxy) is 2. The van der Waals surface area contributed by atoms with Gasteiger partial charge in [0.25, 0.3) is 5.91 Å². The van der Waals surface area contributed by atoms with Crippen molar-refractivity contribution in [3.63, 3.8) is 0 Å². The SMILES string of the molecule is COc1ccc(CN(Oc2ccccc2)C(=O)C2NCCN(c3cc(C(C)C)nc(-n4ccnc4)n3)C2=C=O)cc1OC. The quantitative estimate of drug-likeness (QED) is 0.220. The number of carbonyl (C=O) groups excluding carboxylic acids is 2. The van der Waals surface area contributed by atoms with Crippen LogP contribution in [0.15, 0.2) is 79.0 Å². The number of carbonyl (C=O) groups is 1.